The number of anilines is 2. The zero-order valence-corrected chi connectivity index (χ0v) is 19.8. The highest BCUT2D eigenvalue weighted by molar-refractivity contribution is 6.33. The van der Waals surface area contributed by atoms with Crippen molar-refractivity contribution in [3.63, 3.8) is 0 Å². The highest BCUT2D eigenvalue weighted by Crippen LogP contribution is 2.38. The Morgan fingerprint density at radius 3 is 2.58 bits per heavy atom. The predicted molar refractivity (Wildman–Crippen MR) is 133 cm³/mol. The summed E-state index contributed by atoms with van der Waals surface area (Å²) in [6.45, 7) is 7.90. The van der Waals surface area contributed by atoms with Crippen molar-refractivity contribution in [2.45, 2.75) is 18.9 Å². The van der Waals surface area contributed by atoms with Crippen LogP contribution in [0.5, 0.6) is 0 Å². The zero-order chi connectivity index (χ0) is 22.6. The van der Waals surface area contributed by atoms with Crippen LogP contribution in [-0.4, -0.2) is 75.9 Å². The Labute approximate surface area is 201 Å². The molecule has 2 aromatic carbocycles. The summed E-state index contributed by atoms with van der Waals surface area (Å²) in [7, 11) is 0. The van der Waals surface area contributed by atoms with Crippen LogP contribution in [0.3, 0.4) is 0 Å². The van der Waals surface area contributed by atoms with E-state index in [4.69, 9.17) is 16.3 Å². The predicted octanol–water partition coefficient (Wildman–Crippen LogP) is 3.05. The van der Waals surface area contributed by atoms with Gasteiger partial charge in [0.1, 0.15) is 0 Å². The Morgan fingerprint density at radius 1 is 1.00 bits per heavy atom. The second kappa shape index (κ2) is 10.3. The number of piperazine rings is 1. The molecule has 176 valence electrons. The van der Waals surface area contributed by atoms with Gasteiger partial charge in [-0.05, 0) is 43.1 Å². The molecule has 5 rings (SSSR count). The first-order valence-corrected chi connectivity index (χ1v) is 12.5. The van der Waals surface area contributed by atoms with E-state index in [1.54, 1.807) is 0 Å². The lowest BCUT2D eigenvalue weighted by Crippen LogP contribution is -2.61. The first-order valence-electron chi connectivity index (χ1n) is 12.1. The number of amides is 1. The molecule has 0 spiro atoms. The first kappa shape index (κ1) is 22.5. The van der Waals surface area contributed by atoms with E-state index in [-0.39, 0.29) is 17.9 Å². The molecule has 3 aliphatic heterocycles. The van der Waals surface area contributed by atoms with Crippen LogP contribution in [0, 0.1) is 5.92 Å². The lowest BCUT2D eigenvalue weighted by atomic mass is 9.83. The molecule has 0 unspecified atom stereocenters. The number of carbonyl (C=O) groups excluding carboxylic acids is 1. The number of halogens is 1. The Balaban J connectivity index is 1.28. The number of nitrogens with zero attached hydrogens (tertiary/aromatic N) is 3. The molecule has 7 heteroatoms. The van der Waals surface area contributed by atoms with Gasteiger partial charge in [0.15, 0.2) is 0 Å². The minimum atomic E-state index is -0.0754. The highest BCUT2D eigenvalue weighted by atomic mass is 35.5. The van der Waals surface area contributed by atoms with Crippen LogP contribution in [0.15, 0.2) is 48.5 Å². The number of carbonyl (C=O) groups is 1. The third-order valence-electron chi connectivity index (χ3n) is 7.21. The fourth-order valence-corrected chi connectivity index (χ4v) is 5.71. The molecule has 2 aromatic rings. The maximum Gasteiger partial charge on any atom is 0.225 e. The summed E-state index contributed by atoms with van der Waals surface area (Å²) >= 11 is 6.51. The molecule has 0 radical (unpaired) electrons. The van der Waals surface area contributed by atoms with Crippen LogP contribution in [0.1, 0.15) is 12.0 Å². The Hall–Kier alpha value is -2.28. The van der Waals surface area contributed by atoms with Crippen LogP contribution in [0.4, 0.5) is 11.4 Å². The minimum absolute atomic E-state index is 0.0754. The van der Waals surface area contributed by atoms with Gasteiger partial charge in [-0.15, -0.1) is 0 Å². The minimum Gasteiger partial charge on any atom is -0.379 e. The average Bonchev–Trinajstić information content (AvgIpc) is 2.86. The van der Waals surface area contributed by atoms with E-state index in [1.807, 2.05) is 18.2 Å². The summed E-state index contributed by atoms with van der Waals surface area (Å²) in [6.07, 6.45) is 1.75. The summed E-state index contributed by atoms with van der Waals surface area (Å²) in [4.78, 5) is 20.6. The number of nitrogens with one attached hydrogen (secondary N) is 1. The molecular weight excluding hydrogens is 436 g/mol. The van der Waals surface area contributed by atoms with E-state index in [1.165, 1.54) is 11.3 Å². The third-order valence-corrected chi connectivity index (χ3v) is 7.53. The van der Waals surface area contributed by atoms with Gasteiger partial charge in [0.2, 0.25) is 5.91 Å². The lowest BCUT2D eigenvalue weighted by Gasteiger charge is -2.49. The quantitative estimate of drug-likeness (QED) is 0.660. The van der Waals surface area contributed by atoms with E-state index in [2.05, 4.69) is 50.3 Å². The molecule has 2 fully saturated rings. The van der Waals surface area contributed by atoms with Gasteiger partial charge in [-0.3, -0.25) is 9.69 Å². The van der Waals surface area contributed by atoms with Crippen LogP contribution in [-0.2, 0) is 16.0 Å². The second-order valence-electron chi connectivity index (χ2n) is 9.20. The smallest absolute Gasteiger partial charge is 0.225 e. The molecule has 0 saturated carbocycles. The fraction of sp³-hybridized carbons (Fsp3) is 0.500. The van der Waals surface area contributed by atoms with Crippen LogP contribution >= 0.6 is 11.6 Å². The Bertz CT molecular complexity index is 965. The summed E-state index contributed by atoms with van der Waals surface area (Å²) < 4.78 is 5.42. The fourth-order valence-electron chi connectivity index (χ4n) is 5.45. The molecule has 1 amide bonds. The number of benzene rings is 2. The number of ether oxygens (including phenoxy) is 1. The summed E-state index contributed by atoms with van der Waals surface area (Å²) in [6, 6.07) is 16.7. The molecule has 3 heterocycles. The molecule has 0 bridgehead atoms. The van der Waals surface area contributed by atoms with E-state index >= 15 is 0 Å². The second-order valence-corrected chi connectivity index (χ2v) is 9.60. The van der Waals surface area contributed by atoms with Gasteiger partial charge < -0.3 is 19.9 Å². The van der Waals surface area contributed by atoms with Crippen molar-refractivity contribution in [1.82, 2.24) is 10.2 Å². The van der Waals surface area contributed by atoms with Crippen molar-refractivity contribution in [1.29, 1.82) is 0 Å². The third kappa shape index (κ3) is 4.98. The van der Waals surface area contributed by atoms with Gasteiger partial charge in [0, 0.05) is 45.0 Å². The number of hydrogen-bond acceptors (Lipinski definition) is 5. The summed E-state index contributed by atoms with van der Waals surface area (Å²) in [5.74, 6) is 0.0936. The Kier molecular flexibility index (Phi) is 7.04. The standard InChI is InChI=1S/C26H33ClN4O2/c27-22-7-2-4-9-24(22)30-12-13-31-23-8-3-1-6-20(23)18-21(25(31)19-30)26(32)28-10-5-11-29-14-16-33-17-15-29/h1-4,6-9,21,25H,5,10-19H2,(H,28,32)/t21-,25-/m0/s1. The van der Waals surface area contributed by atoms with E-state index in [0.29, 0.717) is 0 Å². The molecule has 1 N–H and O–H groups in total. The van der Waals surface area contributed by atoms with Crippen molar-refractivity contribution in [3.05, 3.63) is 59.1 Å². The van der Waals surface area contributed by atoms with Gasteiger partial charge in [0.05, 0.1) is 35.9 Å². The zero-order valence-electron chi connectivity index (χ0n) is 19.1. The number of para-hydroxylation sites is 2. The topological polar surface area (TPSA) is 48.1 Å². The molecule has 6 nitrogen and oxygen atoms in total. The van der Waals surface area contributed by atoms with Crippen molar-refractivity contribution >= 4 is 28.9 Å². The maximum absolute atomic E-state index is 13.4. The first-order chi connectivity index (χ1) is 16.2. The molecular formula is C26H33ClN4O2. The van der Waals surface area contributed by atoms with Gasteiger partial charge >= 0.3 is 0 Å². The number of rotatable bonds is 6. The largest absolute Gasteiger partial charge is 0.379 e. The summed E-state index contributed by atoms with van der Waals surface area (Å²) in [5, 5.41) is 4.02. The molecule has 2 saturated heterocycles. The number of morpholine rings is 1. The van der Waals surface area contributed by atoms with Crippen molar-refractivity contribution < 1.29 is 9.53 Å². The molecule has 2 atom stereocenters. The van der Waals surface area contributed by atoms with Gasteiger partial charge in [0.25, 0.3) is 0 Å². The van der Waals surface area contributed by atoms with Crippen molar-refractivity contribution in [3.8, 4) is 0 Å². The lowest BCUT2D eigenvalue weighted by molar-refractivity contribution is -0.125. The SMILES string of the molecule is O=C(NCCCN1CCOCC1)[C@H]1Cc2ccccc2N2CCN(c3ccccc3Cl)C[C@@H]12. The van der Waals surface area contributed by atoms with Gasteiger partial charge in [-0.2, -0.15) is 0 Å². The normalized spacial score (nSPS) is 23.1. The van der Waals surface area contributed by atoms with Gasteiger partial charge in [-0.25, -0.2) is 0 Å². The molecule has 3 aliphatic rings. The average molecular weight is 469 g/mol. The van der Waals surface area contributed by atoms with Crippen LogP contribution in [0.2, 0.25) is 5.02 Å². The van der Waals surface area contributed by atoms with Crippen molar-refractivity contribution in [2.75, 3.05) is 68.8 Å². The highest BCUT2D eigenvalue weighted by Gasteiger charge is 2.41. The number of fused-ring (bicyclic) bond motifs is 3. The monoisotopic (exact) mass is 468 g/mol. The van der Waals surface area contributed by atoms with E-state index in [0.717, 1.165) is 82.6 Å². The Morgan fingerprint density at radius 2 is 1.76 bits per heavy atom. The van der Waals surface area contributed by atoms with E-state index < -0.39 is 0 Å². The van der Waals surface area contributed by atoms with Crippen molar-refractivity contribution in [2.24, 2.45) is 5.92 Å². The van der Waals surface area contributed by atoms with Gasteiger partial charge in [-0.1, -0.05) is 41.9 Å². The van der Waals surface area contributed by atoms with E-state index in [9.17, 15) is 4.79 Å². The number of hydrogen-bond donors (Lipinski definition) is 1. The molecule has 0 aromatic heterocycles. The summed E-state index contributed by atoms with van der Waals surface area (Å²) in [5.41, 5.74) is 3.61. The van der Waals surface area contributed by atoms with Crippen LogP contribution in [0.25, 0.3) is 0 Å². The molecule has 0 aliphatic carbocycles. The van der Waals surface area contributed by atoms with Crippen LogP contribution < -0.4 is 15.1 Å². The maximum atomic E-state index is 13.4. The molecule has 33 heavy (non-hydrogen) atoms.